The molecule has 2 aromatic heterocycles. The van der Waals surface area contributed by atoms with Gasteiger partial charge in [0.2, 0.25) is 0 Å². The van der Waals surface area contributed by atoms with Gasteiger partial charge in [-0.15, -0.1) is 11.3 Å². The Morgan fingerprint density at radius 3 is 2.83 bits per heavy atom. The van der Waals surface area contributed by atoms with E-state index in [2.05, 4.69) is 10.6 Å². The smallest absolute Gasteiger partial charge is 0.307 e. The number of carbonyl (C=O) groups is 1. The molecule has 0 aliphatic rings. The van der Waals surface area contributed by atoms with E-state index in [4.69, 9.17) is 16.3 Å². The normalized spacial score (nSPS) is 11.1. The van der Waals surface area contributed by atoms with Crippen molar-refractivity contribution in [2.45, 2.75) is 19.9 Å². The maximum absolute atomic E-state index is 11.2. The van der Waals surface area contributed by atoms with E-state index in [9.17, 15) is 9.90 Å². The Bertz CT molecular complexity index is 868. The van der Waals surface area contributed by atoms with E-state index < -0.39 is 5.97 Å². The average Bonchev–Trinajstić information content (AvgIpc) is 3.09. The molecule has 0 saturated heterocycles. The van der Waals surface area contributed by atoms with Crippen molar-refractivity contribution in [1.82, 2.24) is 4.57 Å². The molecule has 4 nitrogen and oxygen atoms in total. The molecule has 1 aromatic carbocycles. The highest BCUT2D eigenvalue weighted by Crippen LogP contribution is 2.35. The maximum atomic E-state index is 11.2. The van der Waals surface area contributed by atoms with E-state index in [1.165, 1.54) is 4.88 Å². The lowest BCUT2D eigenvalue weighted by Gasteiger charge is -2.08. The Morgan fingerprint density at radius 2 is 2.22 bits per heavy atom. The number of benzene rings is 1. The molecule has 6 heteroatoms. The van der Waals surface area contributed by atoms with Gasteiger partial charge in [-0.25, -0.2) is 0 Å². The first kappa shape index (κ1) is 15.9. The van der Waals surface area contributed by atoms with Gasteiger partial charge >= 0.3 is 5.97 Å². The molecule has 0 saturated carbocycles. The fraction of sp³-hybridized carbons (Fsp3) is 0.235. The van der Waals surface area contributed by atoms with E-state index in [0.29, 0.717) is 17.3 Å². The number of aromatic nitrogens is 1. The second kappa shape index (κ2) is 6.26. The molecule has 0 radical (unpaired) electrons. The van der Waals surface area contributed by atoms with Crippen LogP contribution in [-0.4, -0.2) is 22.8 Å². The molecule has 0 aliphatic heterocycles. The number of nitrogens with zero attached hydrogens (tertiary/aromatic N) is 1. The highest BCUT2D eigenvalue weighted by Gasteiger charge is 2.19. The molecular formula is C17H16ClNO3S. The number of hydrogen-bond donors (Lipinski definition) is 1. The predicted octanol–water partition coefficient (Wildman–Crippen LogP) is 4.35. The van der Waals surface area contributed by atoms with Crippen molar-refractivity contribution in [3.8, 4) is 5.75 Å². The number of hydrogen-bond acceptors (Lipinski definition) is 3. The number of rotatable bonds is 5. The van der Waals surface area contributed by atoms with Gasteiger partial charge < -0.3 is 14.4 Å². The summed E-state index contributed by atoms with van der Waals surface area (Å²) in [6, 6.07) is 7.75. The Balaban J connectivity index is 2.23. The van der Waals surface area contributed by atoms with Crippen LogP contribution in [0.15, 0.2) is 29.6 Å². The van der Waals surface area contributed by atoms with Gasteiger partial charge in [-0.2, -0.15) is 0 Å². The third-order valence-corrected chi connectivity index (χ3v) is 5.11. The van der Waals surface area contributed by atoms with Gasteiger partial charge in [0.15, 0.2) is 0 Å². The zero-order valence-corrected chi connectivity index (χ0v) is 14.4. The zero-order chi connectivity index (χ0) is 16.6. The fourth-order valence-corrected chi connectivity index (χ4v) is 3.77. The lowest BCUT2D eigenvalue weighted by molar-refractivity contribution is -0.136. The highest BCUT2D eigenvalue weighted by atomic mass is 35.5. The van der Waals surface area contributed by atoms with E-state index in [0.717, 1.165) is 22.2 Å². The minimum absolute atomic E-state index is 0.0233. The molecule has 0 aliphatic carbocycles. The quantitative estimate of drug-likeness (QED) is 0.745. The molecule has 3 aromatic rings. The van der Waals surface area contributed by atoms with Gasteiger partial charge in [-0.05, 0) is 36.1 Å². The average molecular weight is 350 g/mol. The first-order valence-electron chi connectivity index (χ1n) is 7.10. The van der Waals surface area contributed by atoms with Crippen LogP contribution in [0.3, 0.4) is 0 Å². The fourth-order valence-electron chi connectivity index (χ4n) is 2.84. The number of halogens is 1. The molecule has 0 bridgehead atoms. The third-order valence-electron chi connectivity index (χ3n) is 3.95. The molecule has 120 valence electrons. The molecule has 3 rings (SSSR count). The molecule has 0 amide bonds. The maximum Gasteiger partial charge on any atom is 0.307 e. The van der Waals surface area contributed by atoms with Gasteiger partial charge in [0.1, 0.15) is 5.75 Å². The lowest BCUT2D eigenvalue weighted by atomic mass is 10.1. The summed E-state index contributed by atoms with van der Waals surface area (Å²) < 4.78 is 7.40. The van der Waals surface area contributed by atoms with Crippen molar-refractivity contribution in [1.29, 1.82) is 0 Å². The Morgan fingerprint density at radius 1 is 1.43 bits per heavy atom. The number of ether oxygens (including phenoxy) is 1. The Hall–Kier alpha value is -1.98. The first-order chi connectivity index (χ1) is 11.0. The van der Waals surface area contributed by atoms with Crippen LogP contribution in [-0.2, 0) is 17.8 Å². The molecule has 0 unspecified atom stereocenters. The molecule has 23 heavy (non-hydrogen) atoms. The van der Waals surface area contributed by atoms with Crippen LogP contribution in [0.2, 0.25) is 5.02 Å². The summed E-state index contributed by atoms with van der Waals surface area (Å²) in [6.45, 7) is 2.65. The zero-order valence-electron chi connectivity index (χ0n) is 12.8. The van der Waals surface area contributed by atoms with Crippen LogP contribution < -0.4 is 4.74 Å². The minimum Gasteiger partial charge on any atom is -0.495 e. The molecule has 0 fully saturated rings. The molecule has 2 heterocycles. The summed E-state index contributed by atoms with van der Waals surface area (Å²) in [6.07, 6.45) is -0.0233. The summed E-state index contributed by atoms with van der Waals surface area (Å²) in [5, 5.41) is 12.7. The van der Waals surface area contributed by atoms with Crippen molar-refractivity contribution in [2.75, 3.05) is 7.11 Å². The van der Waals surface area contributed by atoms with Gasteiger partial charge in [-0.3, -0.25) is 4.79 Å². The van der Waals surface area contributed by atoms with Crippen LogP contribution in [0.4, 0.5) is 0 Å². The lowest BCUT2D eigenvalue weighted by Crippen LogP contribution is -2.04. The first-order valence-corrected chi connectivity index (χ1v) is 8.36. The topological polar surface area (TPSA) is 51.5 Å². The van der Waals surface area contributed by atoms with Gasteiger partial charge in [0.05, 0.1) is 30.6 Å². The van der Waals surface area contributed by atoms with Crippen molar-refractivity contribution in [2.24, 2.45) is 0 Å². The van der Waals surface area contributed by atoms with Gasteiger partial charge in [-0.1, -0.05) is 17.7 Å². The van der Waals surface area contributed by atoms with E-state index in [1.807, 2.05) is 30.5 Å². The number of thiophene rings is 1. The van der Waals surface area contributed by atoms with E-state index in [-0.39, 0.29) is 6.42 Å². The Kier molecular flexibility index (Phi) is 4.33. The van der Waals surface area contributed by atoms with Crippen LogP contribution in [0, 0.1) is 6.92 Å². The SMILES string of the molecule is COc1cc2c(CC(=O)O)c(C)n(Cc3cccs3)c2cc1Cl. The second-order valence-corrected chi connectivity index (χ2v) is 6.74. The number of carboxylic acid groups (broad SMARTS) is 1. The summed E-state index contributed by atoms with van der Waals surface area (Å²) in [4.78, 5) is 12.5. The van der Waals surface area contributed by atoms with Crippen LogP contribution in [0.25, 0.3) is 10.9 Å². The number of carboxylic acids is 1. The molecular weight excluding hydrogens is 334 g/mol. The Labute approximate surface area is 142 Å². The molecule has 1 N–H and O–H groups in total. The van der Waals surface area contributed by atoms with Crippen LogP contribution in [0.5, 0.6) is 5.75 Å². The van der Waals surface area contributed by atoms with E-state index in [1.54, 1.807) is 18.4 Å². The number of aliphatic carboxylic acids is 1. The van der Waals surface area contributed by atoms with Crippen LogP contribution >= 0.6 is 22.9 Å². The monoisotopic (exact) mass is 349 g/mol. The van der Waals surface area contributed by atoms with Crippen molar-refractivity contribution in [3.05, 3.63) is 50.8 Å². The second-order valence-electron chi connectivity index (χ2n) is 5.30. The van der Waals surface area contributed by atoms with Crippen molar-refractivity contribution in [3.63, 3.8) is 0 Å². The number of methoxy groups -OCH3 is 1. The van der Waals surface area contributed by atoms with Crippen molar-refractivity contribution < 1.29 is 14.6 Å². The standard InChI is InChI=1S/C17H16ClNO3S/c1-10-12(7-17(20)21)13-6-16(22-2)14(18)8-15(13)19(10)9-11-4-3-5-23-11/h3-6,8H,7,9H2,1-2H3,(H,20,21). The third kappa shape index (κ3) is 2.94. The van der Waals surface area contributed by atoms with Gasteiger partial charge in [0, 0.05) is 16.0 Å². The largest absolute Gasteiger partial charge is 0.495 e. The number of fused-ring (bicyclic) bond motifs is 1. The highest BCUT2D eigenvalue weighted by molar-refractivity contribution is 7.09. The van der Waals surface area contributed by atoms with Crippen LogP contribution in [0.1, 0.15) is 16.1 Å². The minimum atomic E-state index is -0.850. The summed E-state index contributed by atoms with van der Waals surface area (Å²) in [7, 11) is 1.55. The van der Waals surface area contributed by atoms with E-state index >= 15 is 0 Å². The summed E-state index contributed by atoms with van der Waals surface area (Å²) in [5.41, 5.74) is 2.68. The molecule has 0 atom stereocenters. The summed E-state index contributed by atoms with van der Waals surface area (Å²) in [5.74, 6) is -0.295. The van der Waals surface area contributed by atoms with Gasteiger partial charge in [0.25, 0.3) is 0 Å². The van der Waals surface area contributed by atoms with Crippen molar-refractivity contribution >= 4 is 39.8 Å². The summed E-state index contributed by atoms with van der Waals surface area (Å²) >= 11 is 7.95. The predicted molar refractivity (Wildman–Crippen MR) is 93.0 cm³/mol. The molecule has 0 spiro atoms.